The van der Waals surface area contributed by atoms with E-state index in [1.165, 1.54) is 18.2 Å². The lowest BCUT2D eigenvalue weighted by atomic mass is 10.1. The monoisotopic (exact) mass is 400 g/mol. The maximum Gasteiger partial charge on any atom is 0.246 e. The number of benzene rings is 2. The van der Waals surface area contributed by atoms with Crippen LogP contribution < -0.4 is 19.1 Å². The molecule has 0 atom stereocenters. The summed E-state index contributed by atoms with van der Waals surface area (Å²) < 4.78 is 29.2. The number of hydrogen-bond acceptors (Lipinski definition) is 5. The molecular weight excluding hydrogens is 375 g/mol. The van der Waals surface area contributed by atoms with Crippen LogP contribution in [0.5, 0.6) is 17.2 Å². The molecule has 1 amide bonds. The minimum absolute atomic E-state index is 0.0689. The van der Waals surface area contributed by atoms with Gasteiger partial charge in [-0.15, -0.1) is 0 Å². The van der Waals surface area contributed by atoms with Crippen molar-refractivity contribution in [3.63, 3.8) is 0 Å². The van der Waals surface area contributed by atoms with Gasteiger partial charge in [0.2, 0.25) is 11.7 Å². The Morgan fingerprint density at radius 2 is 1.55 bits per heavy atom. The summed E-state index contributed by atoms with van der Waals surface area (Å²) in [5.41, 5.74) is 1.69. The Morgan fingerprint density at radius 1 is 0.897 bits per heavy atom. The molecule has 0 aromatic heterocycles. The summed E-state index contributed by atoms with van der Waals surface area (Å²) in [5.74, 6) is 1.23. The number of carbonyl (C=O) groups is 1. The standard InChI is InChI=1S/C22H25FN2O4/c1-27-19-10-4-16(21(28-2)22(19)29-3)5-11-20(26)25-14-12-24(13-15-25)18-8-6-17(23)7-9-18/h4-11H,12-15H2,1-3H3/b11-5+. The summed E-state index contributed by atoms with van der Waals surface area (Å²) in [7, 11) is 4.65. The molecule has 1 aliphatic rings. The maximum atomic E-state index is 13.1. The van der Waals surface area contributed by atoms with Crippen LogP contribution in [0.3, 0.4) is 0 Å². The first-order valence-electron chi connectivity index (χ1n) is 9.34. The van der Waals surface area contributed by atoms with Crippen LogP contribution in [-0.4, -0.2) is 58.3 Å². The SMILES string of the molecule is COc1ccc(/C=C/C(=O)N2CCN(c3ccc(F)cc3)CC2)c(OC)c1OC. The Kier molecular flexibility index (Phi) is 6.59. The van der Waals surface area contributed by atoms with Crippen molar-refractivity contribution in [2.75, 3.05) is 52.4 Å². The van der Waals surface area contributed by atoms with Crippen LogP contribution in [0.15, 0.2) is 42.5 Å². The van der Waals surface area contributed by atoms with Gasteiger partial charge in [-0.3, -0.25) is 4.79 Å². The largest absolute Gasteiger partial charge is 0.493 e. The normalized spacial score (nSPS) is 14.2. The van der Waals surface area contributed by atoms with E-state index in [9.17, 15) is 9.18 Å². The number of anilines is 1. The first-order valence-corrected chi connectivity index (χ1v) is 9.34. The molecular formula is C22H25FN2O4. The van der Waals surface area contributed by atoms with Crippen LogP contribution in [-0.2, 0) is 4.79 Å². The molecule has 0 N–H and O–H groups in total. The van der Waals surface area contributed by atoms with E-state index in [0.29, 0.717) is 43.4 Å². The molecule has 29 heavy (non-hydrogen) atoms. The Morgan fingerprint density at radius 3 is 2.14 bits per heavy atom. The maximum absolute atomic E-state index is 13.1. The molecule has 0 unspecified atom stereocenters. The molecule has 0 aliphatic carbocycles. The second-order valence-electron chi connectivity index (χ2n) is 6.55. The first kappa shape index (κ1) is 20.5. The molecule has 6 nitrogen and oxygen atoms in total. The fraction of sp³-hybridized carbons (Fsp3) is 0.318. The van der Waals surface area contributed by atoms with Gasteiger partial charge >= 0.3 is 0 Å². The van der Waals surface area contributed by atoms with Crippen molar-refractivity contribution >= 4 is 17.7 Å². The van der Waals surface area contributed by atoms with Crippen LogP contribution in [0.4, 0.5) is 10.1 Å². The van der Waals surface area contributed by atoms with Gasteiger partial charge in [-0.1, -0.05) is 0 Å². The average Bonchev–Trinajstić information content (AvgIpc) is 2.77. The van der Waals surface area contributed by atoms with Gasteiger partial charge in [0.15, 0.2) is 11.5 Å². The number of halogens is 1. The molecule has 7 heteroatoms. The quantitative estimate of drug-likeness (QED) is 0.697. The van der Waals surface area contributed by atoms with E-state index in [-0.39, 0.29) is 11.7 Å². The van der Waals surface area contributed by atoms with Gasteiger partial charge in [-0.25, -0.2) is 4.39 Å². The van der Waals surface area contributed by atoms with Crippen molar-refractivity contribution in [1.82, 2.24) is 4.90 Å². The van der Waals surface area contributed by atoms with E-state index in [4.69, 9.17) is 14.2 Å². The van der Waals surface area contributed by atoms with E-state index in [0.717, 1.165) is 11.3 Å². The first-order chi connectivity index (χ1) is 14.1. The highest BCUT2D eigenvalue weighted by Crippen LogP contribution is 2.40. The van der Waals surface area contributed by atoms with Gasteiger partial charge in [-0.2, -0.15) is 0 Å². The third kappa shape index (κ3) is 4.62. The van der Waals surface area contributed by atoms with Crippen molar-refractivity contribution in [3.05, 3.63) is 53.9 Å². The molecule has 1 fully saturated rings. The predicted molar refractivity (Wildman–Crippen MR) is 110 cm³/mol. The van der Waals surface area contributed by atoms with Gasteiger partial charge in [0, 0.05) is 43.5 Å². The third-order valence-corrected chi connectivity index (χ3v) is 4.92. The fourth-order valence-corrected chi connectivity index (χ4v) is 3.36. The molecule has 0 spiro atoms. The van der Waals surface area contributed by atoms with Crippen LogP contribution in [0.25, 0.3) is 6.08 Å². The minimum atomic E-state index is -0.252. The highest BCUT2D eigenvalue weighted by atomic mass is 19.1. The van der Waals surface area contributed by atoms with Crippen LogP contribution in [0.1, 0.15) is 5.56 Å². The van der Waals surface area contributed by atoms with E-state index in [2.05, 4.69) is 4.90 Å². The van der Waals surface area contributed by atoms with Crippen LogP contribution >= 0.6 is 0 Å². The summed E-state index contributed by atoms with van der Waals surface area (Å²) in [6.45, 7) is 2.60. The lowest BCUT2D eigenvalue weighted by molar-refractivity contribution is -0.126. The van der Waals surface area contributed by atoms with Crippen molar-refractivity contribution in [2.24, 2.45) is 0 Å². The second kappa shape index (κ2) is 9.32. The lowest BCUT2D eigenvalue weighted by Gasteiger charge is -2.35. The molecule has 0 bridgehead atoms. The molecule has 0 saturated carbocycles. The molecule has 2 aromatic rings. The minimum Gasteiger partial charge on any atom is -0.493 e. The highest BCUT2D eigenvalue weighted by molar-refractivity contribution is 5.92. The van der Waals surface area contributed by atoms with E-state index in [1.54, 1.807) is 50.5 Å². The van der Waals surface area contributed by atoms with Crippen LogP contribution in [0, 0.1) is 5.82 Å². The number of piperazine rings is 1. The smallest absolute Gasteiger partial charge is 0.246 e. The van der Waals surface area contributed by atoms with E-state index < -0.39 is 0 Å². The number of methoxy groups -OCH3 is 3. The number of carbonyl (C=O) groups excluding carboxylic acids is 1. The van der Waals surface area contributed by atoms with Gasteiger partial charge in [0.05, 0.1) is 21.3 Å². The van der Waals surface area contributed by atoms with Gasteiger partial charge in [0.25, 0.3) is 0 Å². The number of hydrogen-bond donors (Lipinski definition) is 0. The van der Waals surface area contributed by atoms with Crippen LogP contribution in [0.2, 0.25) is 0 Å². The molecule has 1 heterocycles. The van der Waals surface area contributed by atoms with Crippen molar-refractivity contribution in [3.8, 4) is 17.2 Å². The number of nitrogens with zero attached hydrogens (tertiary/aromatic N) is 2. The molecule has 154 valence electrons. The van der Waals surface area contributed by atoms with Crippen molar-refractivity contribution < 1.29 is 23.4 Å². The van der Waals surface area contributed by atoms with Gasteiger partial charge in [0.1, 0.15) is 5.82 Å². The van der Waals surface area contributed by atoms with E-state index >= 15 is 0 Å². The van der Waals surface area contributed by atoms with Gasteiger partial charge < -0.3 is 24.0 Å². The zero-order valence-corrected chi connectivity index (χ0v) is 16.9. The van der Waals surface area contributed by atoms with E-state index in [1.807, 2.05) is 6.07 Å². The number of ether oxygens (including phenoxy) is 3. The zero-order chi connectivity index (χ0) is 20.8. The summed E-state index contributed by atoms with van der Waals surface area (Å²) in [6.07, 6.45) is 3.26. The molecule has 2 aromatic carbocycles. The van der Waals surface area contributed by atoms with Gasteiger partial charge in [-0.05, 0) is 42.5 Å². The summed E-state index contributed by atoms with van der Waals surface area (Å²) in [4.78, 5) is 16.5. The summed E-state index contributed by atoms with van der Waals surface area (Å²) >= 11 is 0. The third-order valence-electron chi connectivity index (χ3n) is 4.92. The number of rotatable bonds is 6. The average molecular weight is 400 g/mol. The fourth-order valence-electron chi connectivity index (χ4n) is 3.36. The Balaban J connectivity index is 1.65. The second-order valence-corrected chi connectivity index (χ2v) is 6.55. The summed E-state index contributed by atoms with van der Waals surface area (Å²) in [5, 5.41) is 0. The highest BCUT2D eigenvalue weighted by Gasteiger charge is 2.20. The molecule has 0 radical (unpaired) electrons. The zero-order valence-electron chi connectivity index (χ0n) is 16.9. The van der Waals surface area contributed by atoms with Crippen molar-refractivity contribution in [2.45, 2.75) is 0 Å². The Bertz CT molecular complexity index is 875. The topological polar surface area (TPSA) is 51.2 Å². The Hall–Kier alpha value is -3.22. The predicted octanol–water partition coefficient (Wildman–Crippen LogP) is 3.21. The molecule has 3 rings (SSSR count). The Labute approximate surface area is 170 Å². The number of amides is 1. The molecule has 1 saturated heterocycles. The lowest BCUT2D eigenvalue weighted by Crippen LogP contribution is -2.48. The van der Waals surface area contributed by atoms with Crippen molar-refractivity contribution in [1.29, 1.82) is 0 Å². The molecule has 1 aliphatic heterocycles. The summed E-state index contributed by atoms with van der Waals surface area (Å²) in [6, 6.07) is 10.0.